The maximum absolute atomic E-state index is 5.42. The Balaban J connectivity index is 2.50. The number of hydrogen-bond acceptors (Lipinski definition) is 3. The Kier molecular flexibility index (Phi) is 3.26. The second-order valence-electron chi connectivity index (χ2n) is 2.26. The van der Waals surface area contributed by atoms with Gasteiger partial charge in [-0.25, -0.2) is 4.98 Å². The summed E-state index contributed by atoms with van der Waals surface area (Å²) < 4.78 is 0. The van der Waals surface area contributed by atoms with Gasteiger partial charge in [0.2, 0.25) is 0 Å². The number of rotatable bonds is 4. The SMILES string of the molecule is C=CCCc1nc(CN)cs1. The number of aromatic nitrogens is 1. The van der Waals surface area contributed by atoms with E-state index in [4.69, 9.17) is 5.73 Å². The molecule has 0 spiro atoms. The van der Waals surface area contributed by atoms with Gasteiger partial charge in [0.05, 0.1) is 10.7 Å². The lowest BCUT2D eigenvalue weighted by molar-refractivity contribution is 0.936. The number of thiazole rings is 1. The highest BCUT2D eigenvalue weighted by molar-refractivity contribution is 7.09. The van der Waals surface area contributed by atoms with Crippen molar-refractivity contribution in [3.63, 3.8) is 0 Å². The molecule has 2 N–H and O–H groups in total. The molecule has 1 aromatic heterocycles. The van der Waals surface area contributed by atoms with Crippen LogP contribution in [0.25, 0.3) is 0 Å². The number of allylic oxidation sites excluding steroid dienone is 1. The monoisotopic (exact) mass is 168 g/mol. The van der Waals surface area contributed by atoms with Crippen LogP contribution in [0.1, 0.15) is 17.1 Å². The van der Waals surface area contributed by atoms with Gasteiger partial charge in [0.15, 0.2) is 0 Å². The van der Waals surface area contributed by atoms with Crippen molar-refractivity contribution < 1.29 is 0 Å². The third-order valence-corrected chi connectivity index (χ3v) is 2.33. The number of nitrogens with two attached hydrogens (primary N) is 1. The Morgan fingerprint density at radius 1 is 1.73 bits per heavy atom. The van der Waals surface area contributed by atoms with Gasteiger partial charge in [-0.2, -0.15) is 0 Å². The Hall–Kier alpha value is -0.670. The molecular formula is C8H12N2S. The molecule has 1 heterocycles. The molecule has 2 nitrogen and oxygen atoms in total. The third-order valence-electron chi connectivity index (χ3n) is 1.37. The van der Waals surface area contributed by atoms with Crippen LogP contribution in [-0.4, -0.2) is 4.98 Å². The van der Waals surface area contributed by atoms with Crippen LogP contribution in [0.4, 0.5) is 0 Å². The number of hydrogen-bond donors (Lipinski definition) is 1. The van der Waals surface area contributed by atoms with Crippen molar-refractivity contribution in [3.8, 4) is 0 Å². The van der Waals surface area contributed by atoms with Crippen molar-refractivity contribution in [1.82, 2.24) is 4.98 Å². The zero-order valence-corrected chi connectivity index (χ0v) is 7.23. The van der Waals surface area contributed by atoms with Crippen molar-refractivity contribution in [2.45, 2.75) is 19.4 Å². The average molecular weight is 168 g/mol. The van der Waals surface area contributed by atoms with Crippen molar-refractivity contribution >= 4 is 11.3 Å². The fourth-order valence-electron chi connectivity index (χ4n) is 0.783. The third kappa shape index (κ3) is 2.44. The summed E-state index contributed by atoms with van der Waals surface area (Å²) >= 11 is 1.68. The zero-order valence-electron chi connectivity index (χ0n) is 6.42. The smallest absolute Gasteiger partial charge is 0.0931 e. The summed E-state index contributed by atoms with van der Waals surface area (Å²) in [5.41, 5.74) is 6.41. The Morgan fingerprint density at radius 2 is 2.55 bits per heavy atom. The van der Waals surface area contributed by atoms with E-state index >= 15 is 0 Å². The average Bonchev–Trinajstić information content (AvgIpc) is 2.48. The molecule has 0 atom stereocenters. The van der Waals surface area contributed by atoms with Crippen molar-refractivity contribution in [3.05, 3.63) is 28.7 Å². The van der Waals surface area contributed by atoms with Gasteiger partial charge >= 0.3 is 0 Å². The largest absolute Gasteiger partial charge is 0.325 e. The fraction of sp³-hybridized carbons (Fsp3) is 0.375. The topological polar surface area (TPSA) is 38.9 Å². The highest BCUT2D eigenvalue weighted by Crippen LogP contribution is 2.10. The second kappa shape index (κ2) is 4.26. The van der Waals surface area contributed by atoms with E-state index in [0.717, 1.165) is 23.5 Å². The highest BCUT2D eigenvalue weighted by Gasteiger charge is 1.97. The Labute approximate surface area is 70.8 Å². The van der Waals surface area contributed by atoms with Crippen molar-refractivity contribution in [1.29, 1.82) is 0 Å². The van der Waals surface area contributed by atoms with E-state index in [9.17, 15) is 0 Å². The molecular weight excluding hydrogens is 156 g/mol. The summed E-state index contributed by atoms with van der Waals surface area (Å²) in [5, 5.41) is 3.17. The predicted molar refractivity (Wildman–Crippen MR) is 48.5 cm³/mol. The van der Waals surface area contributed by atoms with E-state index in [0.29, 0.717) is 6.54 Å². The highest BCUT2D eigenvalue weighted by atomic mass is 32.1. The molecule has 60 valence electrons. The van der Waals surface area contributed by atoms with Crippen LogP contribution >= 0.6 is 11.3 Å². The minimum absolute atomic E-state index is 0.546. The van der Waals surface area contributed by atoms with Gasteiger partial charge in [-0.1, -0.05) is 6.08 Å². The fourth-order valence-corrected chi connectivity index (χ4v) is 1.61. The maximum Gasteiger partial charge on any atom is 0.0931 e. The molecule has 0 fully saturated rings. The summed E-state index contributed by atoms with van der Waals surface area (Å²) in [4.78, 5) is 4.31. The molecule has 0 aliphatic heterocycles. The minimum atomic E-state index is 0.546. The van der Waals surface area contributed by atoms with E-state index in [1.54, 1.807) is 11.3 Å². The lowest BCUT2D eigenvalue weighted by Gasteiger charge is -1.88. The normalized spacial score (nSPS) is 9.91. The number of nitrogens with zero attached hydrogens (tertiary/aromatic N) is 1. The molecule has 0 saturated heterocycles. The van der Waals surface area contributed by atoms with Crippen LogP contribution < -0.4 is 5.73 Å². The Bertz CT molecular complexity index is 230. The van der Waals surface area contributed by atoms with Crippen LogP contribution in [0.15, 0.2) is 18.0 Å². The molecule has 0 unspecified atom stereocenters. The zero-order chi connectivity index (χ0) is 8.10. The summed E-state index contributed by atoms with van der Waals surface area (Å²) in [6.45, 7) is 4.20. The van der Waals surface area contributed by atoms with E-state index < -0.39 is 0 Å². The first-order valence-corrected chi connectivity index (χ1v) is 4.49. The van der Waals surface area contributed by atoms with Crippen LogP contribution in [0, 0.1) is 0 Å². The molecule has 0 saturated carbocycles. The molecule has 0 aliphatic rings. The molecule has 0 bridgehead atoms. The first-order valence-electron chi connectivity index (χ1n) is 3.61. The maximum atomic E-state index is 5.42. The van der Waals surface area contributed by atoms with Gasteiger partial charge < -0.3 is 5.73 Å². The van der Waals surface area contributed by atoms with Gasteiger partial charge in [-0.05, 0) is 6.42 Å². The Morgan fingerprint density at radius 3 is 3.09 bits per heavy atom. The van der Waals surface area contributed by atoms with E-state index in [1.807, 2.05) is 11.5 Å². The van der Waals surface area contributed by atoms with Crippen molar-refractivity contribution in [2.24, 2.45) is 5.73 Å². The quantitative estimate of drug-likeness (QED) is 0.695. The second-order valence-corrected chi connectivity index (χ2v) is 3.21. The molecule has 0 aromatic carbocycles. The van der Waals surface area contributed by atoms with Crippen molar-refractivity contribution in [2.75, 3.05) is 0 Å². The van der Waals surface area contributed by atoms with Crippen LogP contribution in [0.5, 0.6) is 0 Å². The van der Waals surface area contributed by atoms with Gasteiger partial charge in [0, 0.05) is 18.3 Å². The van der Waals surface area contributed by atoms with E-state index in [-0.39, 0.29) is 0 Å². The lowest BCUT2D eigenvalue weighted by Crippen LogP contribution is -1.96. The van der Waals surface area contributed by atoms with Gasteiger partial charge in [0.25, 0.3) is 0 Å². The van der Waals surface area contributed by atoms with Crippen LogP contribution in [0.3, 0.4) is 0 Å². The van der Waals surface area contributed by atoms with Crippen LogP contribution in [0.2, 0.25) is 0 Å². The minimum Gasteiger partial charge on any atom is -0.325 e. The first-order chi connectivity index (χ1) is 5.36. The summed E-state index contributed by atoms with van der Waals surface area (Å²) in [6.07, 6.45) is 3.90. The number of aryl methyl sites for hydroxylation is 1. The predicted octanol–water partition coefficient (Wildman–Crippen LogP) is 1.72. The lowest BCUT2D eigenvalue weighted by atomic mass is 10.3. The first kappa shape index (κ1) is 8.43. The molecule has 0 radical (unpaired) electrons. The summed E-state index contributed by atoms with van der Waals surface area (Å²) in [5.74, 6) is 0. The van der Waals surface area contributed by atoms with Gasteiger partial charge in [0.1, 0.15) is 0 Å². The van der Waals surface area contributed by atoms with Crippen LogP contribution in [-0.2, 0) is 13.0 Å². The molecule has 1 rings (SSSR count). The van der Waals surface area contributed by atoms with Gasteiger partial charge in [-0.15, -0.1) is 17.9 Å². The van der Waals surface area contributed by atoms with Gasteiger partial charge in [-0.3, -0.25) is 0 Å². The molecule has 0 amide bonds. The summed E-state index contributed by atoms with van der Waals surface area (Å²) in [6, 6.07) is 0. The molecule has 1 aromatic rings. The summed E-state index contributed by atoms with van der Waals surface area (Å²) in [7, 11) is 0. The van der Waals surface area contributed by atoms with E-state index in [1.165, 1.54) is 0 Å². The molecule has 3 heteroatoms. The van der Waals surface area contributed by atoms with E-state index in [2.05, 4.69) is 11.6 Å². The standard InChI is InChI=1S/C8H12N2S/c1-2-3-4-8-10-7(5-9)6-11-8/h2,6H,1,3-5,9H2. The molecule has 11 heavy (non-hydrogen) atoms. The molecule has 0 aliphatic carbocycles.